The van der Waals surface area contributed by atoms with Gasteiger partial charge < -0.3 is 5.32 Å². The highest BCUT2D eigenvalue weighted by molar-refractivity contribution is 9.13. The van der Waals surface area contributed by atoms with Crippen molar-refractivity contribution in [2.75, 3.05) is 11.0 Å². The van der Waals surface area contributed by atoms with Crippen molar-refractivity contribution in [3.8, 4) is 0 Å². The number of para-hydroxylation sites is 1. The second-order valence-electron chi connectivity index (χ2n) is 4.89. The minimum absolute atomic E-state index is 0.219. The third-order valence-electron chi connectivity index (χ3n) is 2.94. The van der Waals surface area contributed by atoms with Crippen molar-refractivity contribution in [3.63, 3.8) is 0 Å². The van der Waals surface area contributed by atoms with Crippen molar-refractivity contribution in [2.45, 2.75) is 13.0 Å². The minimum atomic E-state index is -3.39. The zero-order chi connectivity index (χ0) is 17.2. The number of benzene rings is 1. The van der Waals surface area contributed by atoms with Gasteiger partial charge in [0, 0.05) is 4.47 Å². The SMILES string of the molecule is C[C@@H](NC(=O)c1cc(Br)c(Br)s1)c1ccccc1NS(C)(=O)=O. The average molecular weight is 482 g/mol. The Morgan fingerprint density at radius 3 is 2.48 bits per heavy atom. The summed E-state index contributed by atoms with van der Waals surface area (Å²) >= 11 is 8.02. The van der Waals surface area contributed by atoms with E-state index in [-0.39, 0.29) is 11.9 Å². The van der Waals surface area contributed by atoms with Gasteiger partial charge in [-0.25, -0.2) is 8.42 Å². The molecule has 1 atom stereocenters. The largest absolute Gasteiger partial charge is 0.345 e. The summed E-state index contributed by atoms with van der Waals surface area (Å²) in [5.74, 6) is -0.219. The maximum atomic E-state index is 12.3. The summed E-state index contributed by atoms with van der Waals surface area (Å²) < 4.78 is 27.0. The Bertz CT molecular complexity index is 815. The van der Waals surface area contributed by atoms with E-state index in [9.17, 15) is 13.2 Å². The highest BCUT2D eigenvalue weighted by Crippen LogP contribution is 2.33. The summed E-state index contributed by atoms with van der Waals surface area (Å²) in [5, 5.41) is 2.87. The van der Waals surface area contributed by atoms with E-state index in [2.05, 4.69) is 41.9 Å². The number of hydrogen-bond donors (Lipinski definition) is 2. The van der Waals surface area contributed by atoms with Crippen LogP contribution < -0.4 is 10.0 Å². The van der Waals surface area contributed by atoms with Gasteiger partial charge in [-0.15, -0.1) is 11.3 Å². The molecule has 1 aromatic carbocycles. The quantitative estimate of drug-likeness (QED) is 0.673. The lowest BCUT2D eigenvalue weighted by molar-refractivity contribution is 0.0944. The molecule has 0 fully saturated rings. The number of hydrogen-bond acceptors (Lipinski definition) is 4. The maximum absolute atomic E-state index is 12.3. The lowest BCUT2D eigenvalue weighted by Gasteiger charge is -2.18. The van der Waals surface area contributed by atoms with E-state index >= 15 is 0 Å². The first-order valence-electron chi connectivity index (χ1n) is 6.50. The second kappa shape index (κ2) is 7.33. The molecule has 0 unspecified atom stereocenters. The molecule has 23 heavy (non-hydrogen) atoms. The summed E-state index contributed by atoms with van der Waals surface area (Å²) in [6.45, 7) is 1.80. The van der Waals surface area contributed by atoms with Crippen LogP contribution in [0.4, 0.5) is 5.69 Å². The molecular weight excluding hydrogens is 468 g/mol. The molecule has 1 aromatic heterocycles. The Morgan fingerprint density at radius 2 is 1.91 bits per heavy atom. The van der Waals surface area contributed by atoms with Gasteiger partial charge in [0.05, 0.1) is 26.6 Å². The number of halogens is 2. The number of carbonyl (C=O) groups is 1. The predicted octanol–water partition coefficient (Wildman–Crippen LogP) is 4.14. The third-order valence-corrected chi connectivity index (χ3v) is 6.78. The van der Waals surface area contributed by atoms with E-state index in [0.717, 1.165) is 14.5 Å². The summed E-state index contributed by atoms with van der Waals surface area (Å²) in [6.07, 6.45) is 1.09. The van der Waals surface area contributed by atoms with E-state index in [1.807, 2.05) is 0 Å². The standard InChI is InChI=1S/C14H14Br2N2O3S2/c1-8(17-14(19)12-7-10(15)13(16)22-12)9-5-3-4-6-11(9)18-23(2,20)21/h3-8,18H,1-2H3,(H,17,19)/t8-/m1/s1. The number of carbonyl (C=O) groups excluding carboxylic acids is 1. The number of thiophene rings is 1. The maximum Gasteiger partial charge on any atom is 0.261 e. The molecule has 2 aromatic rings. The van der Waals surface area contributed by atoms with Gasteiger partial charge in [0.25, 0.3) is 5.91 Å². The molecular formula is C14H14Br2N2O3S2. The average Bonchev–Trinajstić information content (AvgIpc) is 2.77. The summed E-state index contributed by atoms with van der Waals surface area (Å²) in [5.41, 5.74) is 1.15. The van der Waals surface area contributed by atoms with E-state index in [1.165, 1.54) is 11.3 Å². The second-order valence-corrected chi connectivity index (χ2v) is 9.86. The zero-order valence-electron chi connectivity index (χ0n) is 12.3. The Labute approximate surface area is 155 Å². The minimum Gasteiger partial charge on any atom is -0.345 e. The molecule has 1 heterocycles. The number of nitrogens with one attached hydrogen (secondary N) is 2. The van der Waals surface area contributed by atoms with Crippen LogP contribution in [0.15, 0.2) is 38.6 Å². The molecule has 9 heteroatoms. The fraction of sp³-hybridized carbons (Fsp3) is 0.214. The van der Waals surface area contributed by atoms with Gasteiger partial charge in [-0.3, -0.25) is 9.52 Å². The highest BCUT2D eigenvalue weighted by Gasteiger charge is 2.18. The third kappa shape index (κ3) is 5.03. The molecule has 0 saturated carbocycles. The van der Waals surface area contributed by atoms with Crippen LogP contribution in [0.3, 0.4) is 0 Å². The number of amides is 1. The van der Waals surface area contributed by atoms with Crippen LogP contribution in [0.5, 0.6) is 0 Å². The first kappa shape index (κ1) is 18.4. The van der Waals surface area contributed by atoms with Crippen LogP contribution in [0.25, 0.3) is 0 Å². The van der Waals surface area contributed by atoms with Gasteiger partial charge in [0.2, 0.25) is 10.0 Å². The molecule has 1 amide bonds. The Kier molecular flexibility index (Phi) is 5.88. The van der Waals surface area contributed by atoms with E-state index in [4.69, 9.17) is 0 Å². The Morgan fingerprint density at radius 1 is 1.26 bits per heavy atom. The van der Waals surface area contributed by atoms with Gasteiger partial charge in [0.15, 0.2) is 0 Å². The summed E-state index contributed by atoms with van der Waals surface area (Å²) in [4.78, 5) is 12.9. The van der Waals surface area contributed by atoms with Crippen LogP contribution in [0.2, 0.25) is 0 Å². The lowest BCUT2D eigenvalue weighted by Crippen LogP contribution is -2.26. The molecule has 2 N–H and O–H groups in total. The molecule has 5 nitrogen and oxygen atoms in total. The Hall–Kier alpha value is -0.900. The van der Waals surface area contributed by atoms with Crippen LogP contribution in [-0.2, 0) is 10.0 Å². The Balaban J connectivity index is 2.20. The molecule has 0 aliphatic heterocycles. The number of anilines is 1. The normalized spacial score (nSPS) is 12.7. The first-order chi connectivity index (χ1) is 10.7. The van der Waals surface area contributed by atoms with Crippen molar-refractivity contribution in [1.82, 2.24) is 5.32 Å². The van der Waals surface area contributed by atoms with Crippen LogP contribution in [-0.4, -0.2) is 20.6 Å². The molecule has 0 bridgehead atoms. The topological polar surface area (TPSA) is 75.3 Å². The molecule has 0 aliphatic carbocycles. The fourth-order valence-corrected chi connectivity index (χ4v) is 4.50. The van der Waals surface area contributed by atoms with Gasteiger partial charge in [-0.2, -0.15) is 0 Å². The monoisotopic (exact) mass is 480 g/mol. The molecule has 0 spiro atoms. The molecule has 0 radical (unpaired) electrons. The van der Waals surface area contributed by atoms with Gasteiger partial charge >= 0.3 is 0 Å². The summed E-state index contributed by atoms with van der Waals surface area (Å²) in [6, 6.07) is 8.35. The van der Waals surface area contributed by atoms with Gasteiger partial charge in [-0.1, -0.05) is 18.2 Å². The van der Waals surface area contributed by atoms with Crippen LogP contribution in [0, 0.1) is 0 Å². The van der Waals surface area contributed by atoms with E-state index < -0.39 is 10.0 Å². The van der Waals surface area contributed by atoms with Crippen molar-refractivity contribution in [2.24, 2.45) is 0 Å². The number of rotatable bonds is 5. The number of sulfonamides is 1. The molecule has 2 rings (SSSR count). The molecule has 0 saturated heterocycles. The lowest BCUT2D eigenvalue weighted by atomic mass is 10.1. The predicted molar refractivity (Wildman–Crippen MR) is 101 cm³/mol. The van der Waals surface area contributed by atoms with Gasteiger partial charge in [0.1, 0.15) is 0 Å². The first-order valence-corrected chi connectivity index (χ1v) is 10.8. The van der Waals surface area contributed by atoms with Crippen molar-refractivity contribution in [3.05, 3.63) is 49.0 Å². The smallest absolute Gasteiger partial charge is 0.261 e. The fourth-order valence-electron chi connectivity index (χ4n) is 1.97. The molecule has 0 aliphatic rings. The van der Waals surface area contributed by atoms with Gasteiger partial charge in [-0.05, 0) is 56.5 Å². The highest BCUT2D eigenvalue weighted by atomic mass is 79.9. The summed E-state index contributed by atoms with van der Waals surface area (Å²) in [7, 11) is -3.39. The van der Waals surface area contributed by atoms with Crippen molar-refractivity contribution in [1.29, 1.82) is 0 Å². The van der Waals surface area contributed by atoms with E-state index in [0.29, 0.717) is 16.1 Å². The van der Waals surface area contributed by atoms with Crippen LogP contribution >= 0.6 is 43.2 Å². The van der Waals surface area contributed by atoms with Crippen LogP contribution in [0.1, 0.15) is 28.2 Å². The molecule has 124 valence electrons. The van der Waals surface area contributed by atoms with Crippen molar-refractivity contribution < 1.29 is 13.2 Å². The van der Waals surface area contributed by atoms with E-state index in [1.54, 1.807) is 37.3 Å². The zero-order valence-corrected chi connectivity index (χ0v) is 17.1. The van der Waals surface area contributed by atoms with Crippen molar-refractivity contribution >= 4 is 64.8 Å².